The van der Waals surface area contributed by atoms with Crippen molar-refractivity contribution in [2.24, 2.45) is 0 Å². The molecule has 0 radical (unpaired) electrons. The van der Waals surface area contributed by atoms with E-state index in [-0.39, 0.29) is 11.0 Å². The topological polar surface area (TPSA) is 37.4 Å². The Labute approximate surface area is 109 Å². The van der Waals surface area contributed by atoms with Crippen molar-refractivity contribution in [3.8, 4) is 0 Å². The van der Waals surface area contributed by atoms with Gasteiger partial charge < -0.3 is 4.90 Å². The van der Waals surface area contributed by atoms with Gasteiger partial charge in [-0.25, -0.2) is 4.21 Å². The highest BCUT2D eigenvalue weighted by molar-refractivity contribution is 7.99. The van der Waals surface area contributed by atoms with Crippen molar-refractivity contribution in [3.05, 3.63) is 34.9 Å². The number of carbonyl (C=O) groups is 1. The lowest BCUT2D eigenvalue weighted by atomic mass is 10.2. The molecule has 1 rings (SSSR count). The van der Waals surface area contributed by atoms with Crippen LogP contribution in [0, 0.1) is 0 Å². The third kappa shape index (κ3) is 3.82. The summed E-state index contributed by atoms with van der Waals surface area (Å²) in [5.41, 5.74) is 0.744. The lowest BCUT2D eigenvalue weighted by Gasteiger charge is -2.17. The van der Waals surface area contributed by atoms with Crippen LogP contribution < -0.4 is 0 Å². The quantitative estimate of drug-likeness (QED) is 0.846. The third-order valence-corrected chi connectivity index (χ3v) is 4.05. The van der Waals surface area contributed by atoms with Crippen LogP contribution in [0.25, 0.3) is 0 Å². The van der Waals surface area contributed by atoms with Crippen LogP contribution >= 0.6 is 11.6 Å². The second-order valence-corrected chi connectivity index (χ2v) is 5.26. The summed E-state index contributed by atoms with van der Waals surface area (Å²) in [5.74, 6) is 0.176. The van der Waals surface area contributed by atoms with Gasteiger partial charge in [0.25, 0.3) is 0 Å². The maximum atomic E-state index is 11.9. The molecule has 17 heavy (non-hydrogen) atoms. The zero-order valence-electron chi connectivity index (χ0n) is 9.98. The number of nitrogens with zero attached hydrogens (tertiary/aromatic N) is 1. The van der Waals surface area contributed by atoms with Gasteiger partial charge in [-0.05, 0) is 25.5 Å². The minimum absolute atomic E-state index is 0.176. The molecular weight excluding hydrogens is 258 g/mol. The SMILES string of the molecule is CCN(CC)C(=O)S(=O)Cc1ccccc1Cl. The standard InChI is InChI=1S/C12H16ClNO2S/c1-3-14(4-2)12(15)17(16)9-10-7-5-6-8-11(10)13/h5-8H,3-4,9H2,1-2H3. The van der Waals surface area contributed by atoms with E-state index in [0.29, 0.717) is 18.1 Å². The first-order valence-electron chi connectivity index (χ1n) is 5.50. The molecule has 1 aromatic rings. The van der Waals surface area contributed by atoms with E-state index in [0.717, 1.165) is 5.56 Å². The molecule has 0 heterocycles. The summed E-state index contributed by atoms with van der Waals surface area (Å²) >= 11 is 5.96. The van der Waals surface area contributed by atoms with Crippen molar-refractivity contribution in [2.45, 2.75) is 19.6 Å². The van der Waals surface area contributed by atoms with Gasteiger partial charge in [0, 0.05) is 18.1 Å². The molecule has 0 aromatic heterocycles. The molecule has 0 spiro atoms. The van der Waals surface area contributed by atoms with Crippen LogP contribution in [0.3, 0.4) is 0 Å². The molecule has 1 unspecified atom stereocenters. The van der Waals surface area contributed by atoms with Gasteiger partial charge in [0.2, 0.25) is 0 Å². The first kappa shape index (κ1) is 14.2. The molecule has 3 nitrogen and oxygen atoms in total. The van der Waals surface area contributed by atoms with E-state index >= 15 is 0 Å². The molecule has 1 amide bonds. The number of hydrogen-bond donors (Lipinski definition) is 0. The average Bonchev–Trinajstić information content (AvgIpc) is 2.33. The summed E-state index contributed by atoms with van der Waals surface area (Å²) in [6.45, 7) is 4.88. The van der Waals surface area contributed by atoms with Gasteiger partial charge in [-0.3, -0.25) is 4.79 Å². The maximum absolute atomic E-state index is 11.9. The highest BCUT2D eigenvalue weighted by Crippen LogP contribution is 2.17. The van der Waals surface area contributed by atoms with Crippen LogP contribution in [-0.4, -0.2) is 27.4 Å². The summed E-state index contributed by atoms with van der Waals surface area (Å²) in [7, 11) is -1.55. The fourth-order valence-corrected chi connectivity index (χ4v) is 2.93. The van der Waals surface area contributed by atoms with Crippen LogP contribution in [0.15, 0.2) is 24.3 Å². The normalized spacial score (nSPS) is 12.2. The van der Waals surface area contributed by atoms with E-state index in [1.54, 1.807) is 23.1 Å². The number of amides is 1. The van der Waals surface area contributed by atoms with Crippen molar-refractivity contribution in [2.75, 3.05) is 13.1 Å². The van der Waals surface area contributed by atoms with Gasteiger partial charge in [-0.1, -0.05) is 29.8 Å². The average molecular weight is 274 g/mol. The molecule has 0 N–H and O–H groups in total. The fraction of sp³-hybridized carbons (Fsp3) is 0.417. The molecule has 0 fully saturated rings. The minimum Gasteiger partial charge on any atom is -0.332 e. The molecule has 5 heteroatoms. The Morgan fingerprint density at radius 1 is 1.29 bits per heavy atom. The first-order valence-corrected chi connectivity index (χ1v) is 7.20. The largest absolute Gasteiger partial charge is 0.332 e. The number of carbonyl (C=O) groups excluding carboxylic acids is 1. The van der Waals surface area contributed by atoms with E-state index in [1.807, 2.05) is 19.9 Å². The van der Waals surface area contributed by atoms with E-state index in [9.17, 15) is 9.00 Å². The van der Waals surface area contributed by atoms with E-state index < -0.39 is 10.8 Å². The monoisotopic (exact) mass is 273 g/mol. The highest BCUT2D eigenvalue weighted by Gasteiger charge is 2.18. The second-order valence-electron chi connectivity index (χ2n) is 3.52. The van der Waals surface area contributed by atoms with E-state index in [2.05, 4.69) is 0 Å². The Hall–Kier alpha value is -0.870. The molecule has 0 saturated carbocycles. The van der Waals surface area contributed by atoms with Crippen molar-refractivity contribution >= 4 is 27.6 Å². The summed E-state index contributed by atoms with van der Waals surface area (Å²) in [6.07, 6.45) is 0. The Balaban J connectivity index is 2.73. The zero-order chi connectivity index (χ0) is 12.8. The van der Waals surface area contributed by atoms with Crippen LogP contribution in [0.2, 0.25) is 5.02 Å². The summed E-state index contributed by atoms with van der Waals surface area (Å²) in [5, 5.41) is 0.225. The zero-order valence-corrected chi connectivity index (χ0v) is 11.6. The predicted octanol–water partition coefficient (Wildman–Crippen LogP) is 3.05. The smallest absolute Gasteiger partial charge is 0.312 e. The van der Waals surface area contributed by atoms with Crippen molar-refractivity contribution < 1.29 is 9.00 Å². The van der Waals surface area contributed by atoms with Gasteiger partial charge in [-0.15, -0.1) is 0 Å². The van der Waals surface area contributed by atoms with Crippen LogP contribution in [0.5, 0.6) is 0 Å². The molecule has 0 aliphatic rings. The fourth-order valence-electron chi connectivity index (χ4n) is 1.44. The predicted molar refractivity (Wildman–Crippen MR) is 71.6 cm³/mol. The van der Waals surface area contributed by atoms with Gasteiger partial charge in [-0.2, -0.15) is 0 Å². The highest BCUT2D eigenvalue weighted by atomic mass is 35.5. The van der Waals surface area contributed by atoms with E-state index in [4.69, 9.17) is 11.6 Å². The molecule has 1 atom stereocenters. The molecule has 0 aliphatic heterocycles. The Morgan fingerprint density at radius 2 is 1.88 bits per heavy atom. The third-order valence-electron chi connectivity index (χ3n) is 2.46. The van der Waals surface area contributed by atoms with Crippen LogP contribution in [0.4, 0.5) is 4.79 Å². The summed E-state index contributed by atoms with van der Waals surface area (Å²) < 4.78 is 11.9. The van der Waals surface area contributed by atoms with E-state index in [1.165, 1.54) is 0 Å². The van der Waals surface area contributed by atoms with Crippen LogP contribution in [0.1, 0.15) is 19.4 Å². The molecule has 1 aromatic carbocycles. The molecule has 0 saturated heterocycles. The van der Waals surface area contributed by atoms with Crippen molar-refractivity contribution in [1.29, 1.82) is 0 Å². The number of hydrogen-bond acceptors (Lipinski definition) is 2. The van der Waals surface area contributed by atoms with Gasteiger partial charge >= 0.3 is 5.24 Å². The lowest BCUT2D eigenvalue weighted by Crippen LogP contribution is -2.32. The van der Waals surface area contributed by atoms with Gasteiger partial charge in [0.05, 0.1) is 5.75 Å². The summed E-state index contributed by atoms with van der Waals surface area (Å²) in [6, 6.07) is 7.15. The second kappa shape index (κ2) is 6.77. The number of halogens is 1. The Bertz CT molecular complexity index is 419. The number of rotatable bonds is 4. The Morgan fingerprint density at radius 3 is 2.41 bits per heavy atom. The lowest BCUT2D eigenvalue weighted by molar-refractivity contribution is 0.227. The number of benzene rings is 1. The van der Waals surface area contributed by atoms with Crippen molar-refractivity contribution in [3.63, 3.8) is 0 Å². The Kier molecular flexibility index (Phi) is 5.65. The molecule has 94 valence electrons. The minimum atomic E-state index is -1.55. The first-order chi connectivity index (χ1) is 8.10. The summed E-state index contributed by atoms with van der Waals surface area (Å²) in [4.78, 5) is 13.4. The van der Waals surface area contributed by atoms with Crippen LogP contribution in [-0.2, 0) is 16.6 Å². The maximum Gasteiger partial charge on any atom is 0.312 e. The molecular formula is C12H16ClNO2S. The van der Waals surface area contributed by atoms with Gasteiger partial charge in [0.1, 0.15) is 10.8 Å². The molecule has 0 bridgehead atoms. The van der Waals surface area contributed by atoms with Gasteiger partial charge in [0.15, 0.2) is 0 Å². The molecule has 0 aliphatic carbocycles. The van der Waals surface area contributed by atoms with Crippen molar-refractivity contribution in [1.82, 2.24) is 4.90 Å².